The molecule has 8 nitrogen and oxygen atoms in total. The molecular weight excluding hydrogens is 366 g/mol. The molecule has 2 aromatic rings. The third-order valence-corrected chi connectivity index (χ3v) is 5.76. The predicted octanol–water partition coefficient (Wildman–Crippen LogP) is 4.04. The molecule has 1 aromatic heterocycles. The third kappa shape index (κ3) is 4.47. The van der Waals surface area contributed by atoms with Gasteiger partial charge in [0.25, 0.3) is 5.69 Å². The summed E-state index contributed by atoms with van der Waals surface area (Å²) in [6, 6.07) is 5.11. The summed E-state index contributed by atoms with van der Waals surface area (Å²) in [5.74, 6) is 0.684. The van der Waals surface area contributed by atoms with E-state index in [-0.39, 0.29) is 23.0 Å². The number of nitrogens with one attached hydrogen (secondary N) is 1. The maximum atomic E-state index is 12.4. The zero-order valence-corrected chi connectivity index (χ0v) is 16.3. The summed E-state index contributed by atoms with van der Waals surface area (Å²) >= 11 is 1.32. The topological polar surface area (TPSA) is 103 Å². The normalized spacial score (nSPS) is 14.9. The molecule has 27 heavy (non-hydrogen) atoms. The Balaban J connectivity index is 1.68. The van der Waals surface area contributed by atoms with E-state index >= 15 is 0 Å². The number of nitro groups is 1. The number of aromatic nitrogens is 3. The first kappa shape index (κ1) is 19.3. The van der Waals surface area contributed by atoms with E-state index in [2.05, 4.69) is 20.1 Å². The molecule has 1 fully saturated rings. The van der Waals surface area contributed by atoms with Gasteiger partial charge in [0.2, 0.25) is 5.91 Å². The zero-order valence-electron chi connectivity index (χ0n) is 15.5. The Labute approximate surface area is 161 Å². The molecule has 0 spiro atoms. The summed E-state index contributed by atoms with van der Waals surface area (Å²) in [7, 11) is 0. The second-order valence-electron chi connectivity index (χ2n) is 6.75. The van der Waals surface area contributed by atoms with E-state index in [1.165, 1.54) is 37.1 Å². The van der Waals surface area contributed by atoms with E-state index in [4.69, 9.17) is 0 Å². The van der Waals surface area contributed by atoms with Crippen LogP contribution in [0.5, 0.6) is 0 Å². The average Bonchev–Trinajstić information content (AvgIpc) is 3.02. The van der Waals surface area contributed by atoms with Crippen LogP contribution in [0.4, 0.5) is 11.4 Å². The number of carbonyl (C=O) groups is 1. The molecule has 0 radical (unpaired) electrons. The van der Waals surface area contributed by atoms with E-state index in [9.17, 15) is 14.9 Å². The van der Waals surface area contributed by atoms with Crippen molar-refractivity contribution in [1.82, 2.24) is 14.8 Å². The first-order chi connectivity index (χ1) is 13.0. The van der Waals surface area contributed by atoms with Crippen LogP contribution in [-0.2, 0) is 4.79 Å². The maximum Gasteiger partial charge on any atom is 0.293 e. The van der Waals surface area contributed by atoms with Gasteiger partial charge in [0.15, 0.2) is 5.16 Å². The van der Waals surface area contributed by atoms with E-state index in [0.717, 1.165) is 23.8 Å². The average molecular weight is 389 g/mol. The molecule has 144 valence electrons. The van der Waals surface area contributed by atoms with E-state index < -0.39 is 4.92 Å². The lowest BCUT2D eigenvalue weighted by atomic mass is 9.95. The van der Waals surface area contributed by atoms with Gasteiger partial charge in [0.05, 0.1) is 10.7 Å². The summed E-state index contributed by atoms with van der Waals surface area (Å²) in [5.41, 5.74) is 0.802. The molecule has 0 bridgehead atoms. The van der Waals surface area contributed by atoms with Crippen molar-refractivity contribution in [3.05, 3.63) is 39.7 Å². The molecular formula is C18H23N5O3S. The number of hydrogen-bond acceptors (Lipinski definition) is 6. The Bertz CT molecular complexity index is 846. The number of amides is 1. The maximum absolute atomic E-state index is 12.4. The van der Waals surface area contributed by atoms with Crippen LogP contribution >= 0.6 is 11.8 Å². The van der Waals surface area contributed by atoms with Crippen molar-refractivity contribution in [2.45, 2.75) is 57.1 Å². The molecule has 1 aromatic carbocycles. The van der Waals surface area contributed by atoms with Gasteiger partial charge >= 0.3 is 0 Å². The molecule has 1 heterocycles. The molecule has 0 saturated heterocycles. The molecule has 0 unspecified atom stereocenters. The quantitative estimate of drug-likeness (QED) is 0.454. The number of para-hydroxylation sites is 1. The largest absolute Gasteiger partial charge is 0.319 e. The number of carbonyl (C=O) groups excluding carboxylic acids is 1. The third-order valence-electron chi connectivity index (χ3n) is 4.82. The smallest absolute Gasteiger partial charge is 0.293 e. The Morgan fingerprint density at radius 3 is 2.74 bits per heavy atom. The highest BCUT2D eigenvalue weighted by molar-refractivity contribution is 7.99. The van der Waals surface area contributed by atoms with Gasteiger partial charge in [0.1, 0.15) is 11.5 Å². The van der Waals surface area contributed by atoms with Gasteiger partial charge in [-0.15, -0.1) is 10.2 Å². The summed E-state index contributed by atoms with van der Waals surface area (Å²) in [4.78, 5) is 23.1. The van der Waals surface area contributed by atoms with Gasteiger partial charge in [-0.05, 0) is 32.3 Å². The van der Waals surface area contributed by atoms with Crippen molar-refractivity contribution in [2.24, 2.45) is 0 Å². The lowest BCUT2D eigenvalue weighted by Gasteiger charge is -2.24. The molecule has 0 atom stereocenters. The zero-order chi connectivity index (χ0) is 19.4. The number of nitro benzene ring substituents is 1. The number of nitrogens with zero attached hydrogens (tertiary/aromatic N) is 4. The fraction of sp³-hybridized carbons (Fsp3) is 0.500. The molecule has 0 aliphatic heterocycles. The van der Waals surface area contributed by atoms with Crippen molar-refractivity contribution in [3.8, 4) is 0 Å². The SMILES string of the molecule is Cc1cccc([N+](=O)[O-])c1NC(=O)CSc1nnc(C)n1C1CCCCC1. The highest BCUT2D eigenvalue weighted by atomic mass is 32.2. The van der Waals surface area contributed by atoms with Crippen molar-refractivity contribution < 1.29 is 9.72 Å². The van der Waals surface area contributed by atoms with Gasteiger partial charge < -0.3 is 9.88 Å². The molecule has 1 aliphatic carbocycles. The van der Waals surface area contributed by atoms with E-state index in [0.29, 0.717) is 11.6 Å². The number of aryl methyl sites for hydroxylation is 2. The second kappa shape index (κ2) is 8.51. The first-order valence-electron chi connectivity index (χ1n) is 9.05. The fourth-order valence-corrected chi connectivity index (χ4v) is 4.33. The lowest BCUT2D eigenvalue weighted by molar-refractivity contribution is -0.384. The molecule has 3 rings (SSSR count). The van der Waals surface area contributed by atoms with Crippen LogP contribution < -0.4 is 5.32 Å². The van der Waals surface area contributed by atoms with E-state index in [1.54, 1.807) is 19.1 Å². The van der Waals surface area contributed by atoms with Crippen LogP contribution in [0.25, 0.3) is 0 Å². The number of hydrogen-bond donors (Lipinski definition) is 1. The van der Waals surface area contributed by atoms with Crippen molar-refractivity contribution >= 4 is 29.0 Å². The fourth-order valence-electron chi connectivity index (χ4n) is 3.48. The summed E-state index contributed by atoms with van der Waals surface area (Å²) < 4.78 is 2.13. The number of thioether (sulfide) groups is 1. The van der Waals surface area contributed by atoms with Gasteiger partial charge in [-0.3, -0.25) is 14.9 Å². The first-order valence-corrected chi connectivity index (χ1v) is 10.0. The minimum Gasteiger partial charge on any atom is -0.319 e. The highest BCUT2D eigenvalue weighted by Crippen LogP contribution is 2.33. The van der Waals surface area contributed by atoms with Crippen LogP contribution in [0, 0.1) is 24.0 Å². The van der Waals surface area contributed by atoms with Crippen molar-refractivity contribution in [2.75, 3.05) is 11.1 Å². The van der Waals surface area contributed by atoms with Crippen molar-refractivity contribution in [1.29, 1.82) is 0 Å². The van der Waals surface area contributed by atoms with Crippen LogP contribution in [-0.4, -0.2) is 31.3 Å². The molecule has 1 amide bonds. The highest BCUT2D eigenvalue weighted by Gasteiger charge is 2.22. The summed E-state index contributed by atoms with van der Waals surface area (Å²) in [6.45, 7) is 3.67. The van der Waals surface area contributed by atoms with Crippen LogP contribution in [0.2, 0.25) is 0 Å². The Morgan fingerprint density at radius 1 is 1.30 bits per heavy atom. The van der Waals surface area contributed by atoms with Gasteiger partial charge in [-0.2, -0.15) is 0 Å². The second-order valence-corrected chi connectivity index (χ2v) is 7.70. The predicted molar refractivity (Wildman–Crippen MR) is 104 cm³/mol. The van der Waals surface area contributed by atoms with Crippen LogP contribution in [0.3, 0.4) is 0 Å². The van der Waals surface area contributed by atoms with Crippen molar-refractivity contribution in [3.63, 3.8) is 0 Å². The molecule has 1 aliphatic rings. The number of anilines is 1. The molecule has 1 saturated carbocycles. The summed E-state index contributed by atoms with van der Waals surface area (Å²) in [6.07, 6.45) is 5.87. The minimum absolute atomic E-state index is 0.102. The lowest BCUT2D eigenvalue weighted by Crippen LogP contribution is -2.18. The minimum atomic E-state index is -0.487. The summed E-state index contributed by atoms with van der Waals surface area (Å²) in [5, 5.41) is 23.0. The monoisotopic (exact) mass is 389 g/mol. The Morgan fingerprint density at radius 2 is 2.04 bits per heavy atom. The Hall–Kier alpha value is -2.42. The van der Waals surface area contributed by atoms with Gasteiger partial charge in [0, 0.05) is 12.1 Å². The van der Waals surface area contributed by atoms with Crippen LogP contribution in [0.1, 0.15) is 49.5 Å². The van der Waals surface area contributed by atoms with Gasteiger partial charge in [-0.25, -0.2) is 0 Å². The number of benzene rings is 1. The van der Waals surface area contributed by atoms with Gasteiger partial charge in [-0.1, -0.05) is 43.2 Å². The number of rotatable bonds is 6. The molecule has 1 N–H and O–H groups in total. The van der Waals surface area contributed by atoms with Crippen LogP contribution in [0.15, 0.2) is 23.4 Å². The standard InChI is InChI=1S/C18H23N5O3S/c1-12-7-6-10-15(23(25)26)17(12)19-16(24)11-27-18-21-20-13(2)22(18)14-8-4-3-5-9-14/h6-7,10,14H,3-5,8-9,11H2,1-2H3,(H,19,24). The van der Waals surface area contributed by atoms with E-state index in [1.807, 2.05) is 6.92 Å². The Kier molecular flexibility index (Phi) is 6.10. The molecule has 9 heteroatoms.